The Morgan fingerprint density at radius 2 is 2.00 bits per heavy atom. The molecule has 0 aliphatic heterocycles. The lowest BCUT2D eigenvalue weighted by atomic mass is 9.90. The Kier molecular flexibility index (Phi) is 5.62. The summed E-state index contributed by atoms with van der Waals surface area (Å²) in [4.78, 5) is 14.3. The second kappa shape index (κ2) is 8.28. The van der Waals surface area contributed by atoms with Gasteiger partial charge in [-0.3, -0.25) is 10.1 Å². The van der Waals surface area contributed by atoms with Gasteiger partial charge in [0.15, 0.2) is 11.5 Å². The second-order valence-corrected chi connectivity index (χ2v) is 5.96. The lowest BCUT2D eigenvalue weighted by Gasteiger charge is -2.19. The van der Waals surface area contributed by atoms with Gasteiger partial charge in [-0.1, -0.05) is 36.3 Å². The second-order valence-electron chi connectivity index (χ2n) is 5.96. The van der Waals surface area contributed by atoms with E-state index in [1.54, 1.807) is 6.07 Å². The number of aromatic amines is 1. The van der Waals surface area contributed by atoms with E-state index in [4.69, 9.17) is 15.9 Å². The minimum Gasteiger partial charge on any atom is -0.490 e. The largest absolute Gasteiger partial charge is 0.490 e. The van der Waals surface area contributed by atoms with Gasteiger partial charge < -0.3 is 14.5 Å². The molecular formula is C21H20N2O4. The number of rotatable bonds is 8. The van der Waals surface area contributed by atoms with Crippen LogP contribution in [0.2, 0.25) is 0 Å². The molecule has 0 aliphatic carbocycles. The molecule has 0 saturated carbocycles. The van der Waals surface area contributed by atoms with Crippen molar-refractivity contribution in [2.75, 3.05) is 19.8 Å². The number of H-pyrrole nitrogens is 1. The first-order valence-electron chi connectivity index (χ1n) is 8.65. The van der Waals surface area contributed by atoms with Crippen LogP contribution in [0.15, 0.2) is 48.7 Å². The van der Waals surface area contributed by atoms with Gasteiger partial charge in [0.2, 0.25) is 6.54 Å². The van der Waals surface area contributed by atoms with Crippen LogP contribution >= 0.6 is 0 Å². The first-order chi connectivity index (χ1) is 13.2. The molecule has 1 atom stereocenters. The monoisotopic (exact) mass is 364 g/mol. The highest BCUT2D eigenvalue weighted by atomic mass is 16.6. The fourth-order valence-electron chi connectivity index (χ4n) is 3.24. The highest BCUT2D eigenvalue weighted by molar-refractivity contribution is 5.84. The minimum atomic E-state index is -0.510. The molecule has 0 unspecified atom stereocenters. The summed E-state index contributed by atoms with van der Waals surface area (Å²) in [6.07, 6.45) is 7.16. The summed E-state index contributed by atoms with van der Waals surface area (Å²) in [7, 11) is 0. The zero-order valence-electron chi connectivity index (χ0n) is 15.0. The van der Waals surface area contributed by atoms with Gasteiger partial charge in [0.05, 0.1) is 12.5 Å². The Hall–Kier alpha value is -3.46. The highest BCUT2D eigenvalue weighted by Crippen LogP contribution is 2.40. The molecule has 0 bridgehead atoms. The molecule has 0 spiro atoms. The van der Waals surface area contributed by atoms with Crippen LogP contribution in [-0.2, 0) is 0 Å². The number of para-hydroxylation sites is 2. The topological polar surface area (TPSA) is 77.4 Å². The Balaban J connectivity index is 2.17. The summed E-state index contributed by atoms with van der Waals surface area (Å²) in [5.41, 5.74) is 2.44. The molecule has 2 aromatic carbocycles. The molecule has 3 rings (SSSR count). The Morgan fingerprint density at radius 3 is 2.74 bits per heavy atom. The van der Waals surface area contributed by atoms with Crippen molar-refractivity contribution in [1.29, 1.82) is 0 Å². The fraction of sp³-hybridized carbons (Fsp3) is 0.238. The van der Waals surface area contributed by atoms with Crippen LogP contribution in [0.4, 0.5) is 0 Å². The van der Waals surface area contributed by atoms with E-state index in [1.165, 1.54) is 0 Å². The maximum Gasteiger partial charge on any atom is 0.214 e. The molecule has 138 valence electrons. The molecular weight excluding hydrogens is 344 g/mol. The zero-order valence-corrected chi connectivity index (χ0v) is 15.0. The standard InChI is InChI=1S/C21H20N2O4/c1-3-12-27-21-16(9-7-11-20(21)26-4-2)18(14-23(24)25)17-13-22-19-10-6-5-8-15(17)19/h1,5-11,13,18,22H,4,12,14H2,2H3/t18-/m1/s1. The molecule has 0 fully saturated rings. The van der Waals surface area contributed by atoms with E-state index in [9.17, 15) is 10.1 Å². The number of fused-ring (bicyclic) bond motifs is 1. The summed E-state index contributed by atoms with van der Waals surface area (Å²) in [6.45, 7) is 2.09. The number of aromatic nitrogens is 1. The van der Waals surface area contributed by atoms with E-state index < -0.39 is 5.92 Å². The molecule has 1 aromatic heterocycles. The molecule has 0 aliphatic rings. The van der Waals surface area contributed by atoms with Gasteiger partial charge in [0.1, 0.15) is 6.61 Å². The van der Waals surface area contributed by atoms with E-state index in [-0.39, 0.29) is 18.1 Å². The normalized spacial score (nSPS) is 11.7. The van der Waals surface area contributed by atoms with Crippen molar-refractivity contribution in [3.63, 3.8) is 0 Å². The fourth-order valence-corrected chi connectivity index (χ4v) is 3.24. The van der Waals surface area contributed by atoms with Crippen LogP contribution in [0, 0.1) is 22.5 Å². The van der Waals surface area contributed by atoms with Gasteiger partial charge in [-0.15, -0.1) is 6.42 Å². The summed E-state index contributed by atoms with van der Waals surface area (Å²) in [6, 6.07) is 13.1. The van der Waals surface area contributed by atoms with Crippen LogP contribution in [0.25, 0.3) is 10.9 Å². The van der Waals surface area contributed by atoms with Gasteiger partial charge >= 0.3 is 0 Å². The van der Waals surface area contributed by atoms with Gasteiger partial charge in [-0.2, -0.15) is 0 Å². The Labute approximate surface area is 157 Å². The van der Waals surface area contributed by atoms with Crippen molar-refractivity contribution in [3.05, 3.63) is 69.9 Å². The molecule has 3 aromatic rings. The third-order valence-corrected chi connectivity index (χ3v) is 4.31. The maximum absolute atomic E-state index is 11.4. The predicted molar refractivity (Wildman–Crippen MR) is 104 cm³/mol. The number of nitrogens with one attached hydrogen (secondary N) is 1. The molecule has 0 amide bonds. The maximum atomic E-state index is 11.4. The SMILES string of the molecule is C#CCOc1c(OCC)cccc1[C@@H](C[N+](=O)[O-])c1c[nH]c2ccccc12. The van der Waals surface area contributed by atoms with Crippen LogP contribution in [0.5, 0.6) is 11.5 Å². The lowest BCUT2D eigenvalue weighted by Crippen LogP contribution is -2.15. The number of nitro groups is 1. The summed E-state index contributed by atoms with van der Waals surface area (Å²) >= 11 is 0. The third-order valence-electron chi connectivity index (χ3n) is 4.31. The summed E-state index contributed by atoms with van der Waals surface area (Å²) < 4.78 is 11.4. The van der Waals surface area contributed by atoms with Gasteiger partial charge in [-0.25, -0.2) is 0 Å². The van der Waals surface area contributed by atoms with E-state index in [2.05, 4.69) is 10.9 Å². The summed E-state index contributed by atoms with van der Waals surface area (Å²) in [5.74, 6) is 2.91. The smallest absolute Gasteiger partial charge is 0.214 e. The molecule has 0 saturated heterocycles. The molecule has 0 radical (unpaired) electrons. The Morgan fingerprint density at radius 1 is 1.19 bits per heavy atom. The molecule has 1 N–H and O–H groups in total. The van der Waals surface area contributed by atoms with Gasteiger partial charge in [0.25, 0.3) is 0 Å². The third kappa shape index (κ3) is 3.87. The zero-order chi connectivity index (χ0) is 19.2. The highest BCUT2D eigenvalue weighted by Gasteiger charge is 2.28. The van der Waals surface area contributed by atoms with Crippen molar-refractivity contribution in [2.45, 2.75) is 12.8 Å². The first-order valence-corrected chi connectivity index (χ1v) is 8.65. The predicted octanol–water partition coefficient (Wildman–Crippen LogP) is 3.99. The first kappa shape index (κ1) is 18.3. The number of hydrogen-bond donors (Lipinski definition) is 1. The van der Waals surface area contributed by atoms with Crippen LogP contribution in [0.3, 0.4) is 0 Å². The van der Waals surface area contributed by atoms with Crippen molar-refractivity contribution in [1.82, 2.24) is 4.98 Å². The minimum absolute atomic E-state index is 0.0517. The van der Waals surface area contributed by atoms with Crippen molar-refractivity contribution >= 4 is 10.9 Å². The molecule has 6 nitrogen and oxygen atoms in total. The van der Waals surface area contributed by atoms with E-state index in [0.29, 0.717) is 23.7 Å². The van der Waals surface area contributed by atoms with Gasteiger partial charge in [-0.05, 0) is 24.6 Å². The number of terminal acetylenes is 1. The van der Waals surface area contributed by atoms with Gasteiger partial charge in [0, 0.05) is 27.6 Å². The van der Waals surface area contributed by atoms with Crippen LogP contribution < -0.4 is 9.47 Å². The molecule has 6 heteroatoms. The quantitative estimate of drug-likeness (QED) is 0.372. The number of nitrogens with zero attached hydrogens (tertiary/aromatic N) is 1. The Bertz CT molecular complexity index is 987. The van der Waals surface area contributed by atoms with Crippen LogP contribution in [-0.4, -0.2) is 29.7 Å². The molecule has 1 heterocycles. The summed E-state index contributed by atoms with van der Waals surface area (Å²) in [5, 5.41) is 12.4. The van der Waals surface area contributed by atoms with E-state index in [1.807, 2.05) is 49.5 Å². The number of benzene rings is 2. The molecule has 27 heavy (non-hydrogen) atoms. The van der Waals surface area contributed by atoms with Crippen molar-refractivity contribution in [2.24, 2.45) is 0 Å². The van der Waals surface area contributed by atoms with Crippen molar-refractivity contribution < 1.29 is 14.4 Å². The number of ether oxygens (including phenoxy) is 2. The van der Waals surface area contributed by atoms with Crippen molar-refractivity contribution in [3.8, 4) is 23.8 Å². The van der Waals surface area contributed by atoms with E-state index in [0.717, 1.165) is 16.5 Å². The lowest BCUT2D eigenvalue weighted by molar-refractivity contribution is -0.481. The average Bonchev–Trinajstić information content (AvgIpc) is 3.09. The number of hydrogen-bond acceptors (Lipinski definition) is 4. The van der Waals surface area contributed by atoms with Crippen LogP contribution in [0.1, 0.15) is 24.0 Å². The average molecular weight is 364 g/mol. The van der Waals surface area contributed by atoms with E-state index >= 15 is 0 Å².